The van der Waals surface area contributed by atoms with Gasteiger partial charge in [0.15, 0.2) is 0 Å². The Morgan fingerprint density at radius 2 is 2.05 bits per heavy atom. The molecule has 1 aliphatic rings. The van der Waals surface area contributed by atoms with Crippen LogP contribution in [0.3, 0.4) is 0 Å². The second-order valence-corrected chi connectivity index (χ2v) is 7.14. The van der Waals surface area contributed by atoms with E-state index in [1.165, 1.54) is 23.9 Å². The standard InChI is InChI=1S/C13H22N4O3S/c1-15-13(18)12-7-9(8-17(12)2)21(19,20)16-11-6-4-3-5-10(11)14/h7-8,10-11,16H,3-6,14H2,1-2H3,(H,15,18). The highest BCUT2D eigenvalue weighted by Crippen LogP contribution is 2.20. The molecule has 8 heteroatoms. The minimum Gasteiger partial charge on any atom is -0.354 e. The molecular weight excluding hydrogens is 292 g/mol. The molecule has 1 aromatic heterocycles. The van der Waals surface area contributed by atoms with Crippen molar-refractivity contribution in [2.75, 3.05) is 7.05 Å². The van der Waals surface area contributed by atoms with Crippen molar-refractivity contribution >= 4 is 15.9 Å². The smallest absolute Gasteiger partial charge is 0.267 e. The molecule has 1 aromatic rings. The summed E-state index contributed by atoms with van der Waals surface area (Å²) in [6.45, 7) is 0. The molecule has 1 saturated carbocycles. The molecule has 4 N–H and O–H groups in total. The van der Waals surface area contributed by atoms with Gasteiger partial charge in [-0.15, -0.1) is 0 Å². The first-order chi connectivity index (χ1) is 9.85. The number of aryl methyl sites for hydroxylation is 1. The second-order valence-electron chi connectivity index (χ2n) is 5.43. The van der Waals surface area contributed by atoms with Gasteiger partial charge in [0.1, 0.15) is 10.6 Å². The first-order valence-electron chi connectivity index (χ1n) is 7.01. The van der Waals surface area contributed by atoms with E-state index in [4.69, 9.17) is 5.73 Å². The number of aromatic nitrogens is 1. The number of rotatable bonds is 4. The van der Waals surface area contributed by atoms with Crippen molar-refractivity contribution in [3.63, 3.8) is 0 Å². The van der Waals surface area contributed by atoms with Crippen molar-refractivity contribution in [1.82, 2.24) is 14.6 Å². The molecule has 1 aliphatic carbocycles. The average Bonchev–Trinajstić information content (AvgIpc) is 2.83. The number of nitrogens with zero attached hydrogens (tertiary/aromatic N) is 1. The predicted octanol–water partition coefficient (Wildman–Crippen LogP) is -0.0671. The van der Waals surface area contributed by atoms with Gasteiger partial charge in [-0.2, -0.15) is 0 Å². The quantitative estimate of drug-likeness (QED) is 0.723. The van der Waals surface area contributed by atoms with Gasteiger partial charge < -0.3 is 15.6 Å². The Morgan fingerprint density at radius 3 is 2.67 bits per heavy atom. The maximum Gasteiger partial charge on any atom is 0.267 e. The largest absolute Gasteiger partial charge is 0.354 e. The molecule has 118 valence electrons. The van der Waals surface area contributed by atoms with E-state index < -0.39 is 10.0 Å². The molecule has 0 bridgehead atoms. The van der Waals surface area contributed by atoms with Crippen LogP contribution in [0.15, 0.2) is 17.2 Å². The third-order valence-electron chi connectivity index (χ3n) is 3.88. The summed E-state index contributed by atoms with van der Waals surface area (Å²) in [5.74, 6) is -0.326. The van der Waals surface area contributed by atoms with Crippen LogP contribution in [0.4, 0.5) is 0 Å². The van der Waals surface area contributed by atoms with Crippen LogP contribution in [0.1, 0.15) is 36.2 Å². The number of hydrogen-bond acceptors (Lipinski definition) is 4. The monoisotopic (exact) mass is 314 g/mol. The lowest BCUT2D eigenvalue weighted by molar-refractivity contribution is 0.0955. The van der Waals surface area contributed by atoms with Crippen LogP contribution in [0.5, 0.6) is 0 Å². The van der Waals surface area contributed by atoms with Crippen LogP contribution in [-0.2, 0) is 17.1 Å². The molecule has 1 fully saturated rings. The van der Waals surface area contributed by atoms with E-state index in [0.29, 0.717) is 5.69 Å². The fourth-order valence-corrected chi connectivity index (χ4v) is 4.00. The van der Waals surface area contributed by atoms with Gasteiger partial charge in [-0.3, -0.25) is 4.79 Å². The normalized spacial score (nSPS) is 23.0. The Morgan fingerprint density at radius 1 is 1.38 bits per heavy atom. The summed E-state index contributed by atoms with van der Waals surface area (Å²) in [6, 6.07) is 0.971. The van der Waals surface area contributed by atoms with Crippen molar-refractivity contribution < 1.29 is 13.2 Å². The average molecular weight is 314 g/mol. The lowest BCUT2D eigenvalue weighted by Gasteiger charge is -2.28. The van der Waals surface area contributed by atoms with Crippen molar-refractivity contribution in [2.45, 2.75) is 42.7 Å². The molecule has 2 unspecified atom stereocenters. The Balaban J connectivity index is 2.21. The molecule has 21 heavy (non-hydrogen) atoms. The number of amides is 1. The summed E-state index contributed by atoms with van der Waals surface area (Å²) in [4.78, 5) is 11.7. The maximum atomic E-state index is 12.4. The first kappa shape index (κ1) is 16.0. The lowest BCUT2D eigenvalue weighted by Crippen LogP contribution is -2.49. The van der Waals surface area contributed by atoms with E-state index in [2.05, 4.69) is 10.0 Å². The molecule has 1 heterocycles. The van der Waals surface area contributed by atoms with Gasteiger partial charge in [-0.05, 0) is 18.9 Å². The summed E-state index contributed by atoms with van der Waals surface area (Å²) in [6.07, 6.45) is 5.01. The Hall–Kier alpha value is -1.38. The second kappa shape index (κ2) is 6.17. The Labute approximate surface area is 124 Å². The third-order valence-corrected chi connectivity index (χ3v) is 5.33. The zero-order chi connectivity index (χ0) is 15.6. The SMILES string of the molecule is CNC(=O)c1cc(S(=O)(=O)NC2CCCCC2N)cn1C. The highest BCUT2D eigenvalue weighted by atomic mass is 32.2. The van der Waals surface area contributed by atoms with E-state index in [1.54, 1.807) is 7.05 Å². The topological polar surface area (TPSA) is 106 Å². The van der Waals surface area contributed by atoms with Crippen LogP contribution >= 0.6 is 0 Å². The highest BCUT2D eigenvalue weighted by molar-refractivity contribution is 7.89. The highest BCUT2D eigenvalue weighted by Gasteiger charge is 2.28. The van der Waals surface area contributed by atoms with Gasteiger partial charge in [0.25, 0.3) is 5.91 Å². The summed E-state index contributed by atoms with van der Waals surface area (Å²) in [7, 11) is -0.529. The minimum atomic E-state index is -3.67. The van der Waals surface area contributed by atoms with E-state index in [0.717, 1.165) is 25.7 Å². The summed E-state index contributed by atoms with van der Waals surface area (Å²) < 4.78 is 29.0. The van der Waals surface area contributed by atoms with Crippen LogP contribution in [0.25, 0.3) is 0 Å². The first-order valence-corrected chi connectivity index (χ1v) is 8.50. The van der Waals surface area contributed by atoms with Gasteiger partial charge >= 0.3 is 0 Å². The number of hydrogen-bond donors (Lipinski definition) is 3. The number of nitrogens with two attached hydrogens (primary N) is 1. The van der Waals surface area contributed by atoms with Crippen molar-refractivity contribution in [2.24, 2.45) is 12.8 Å². The van der Waals surface area contributed by atoms with E-state index >= 15 is 0 Å². The van der Waals surface area contributed by atoms with E-state index in [1.807, 2.05) is 0 Å². The number of nitrogens with one attached hydrogen (secondary N) is 2. The van der Waals surface area contributed by atoms with Crippen molar-refractivity contribution in [3.05, 3.63) is 18.0 Å². The molecule has 7 nitrogen and oxygen atoms in total. The van der Waals surface area contributed by atoms with Crippen molar-refractivity contribution in [1.29, 1.82) is 0 Å². The molecule has 2 rings (SSSR count). The summed E-state index contributed by atoms with van der Waals surface area (Å²) in [5.41, 5.74) is 6.27. The van der Waals surface area contributed by atoms with Gasteiger partial charge in [-0.1, -0.05) is 12.8 Å². The molecule has 2 atom stereocenters. The van der Waals surface area contributed by atoms with Crippen LogP contribution in [-0.4, -0.2) is 38.0 Å². The van der Waals surface area contributed by atoms with E-state index in [9.17, 15) is 13.2 Å². The van der Waals surface area contributed by atoms with E-state index in [-0.39, 0.29) is 22.9 Å². The Kier molecular flexibility index (Phi) is 4.70. The third kappa shape index (κ3) is 3.45. The van der Waals surface area contributed by atoms with Crippen LogP contribution in [0.2, 0.25) is 0 Å². The van der Waals surface area contributed by atoms with Crippen molar-refractivity contribution in [3.8, 4) is 0 Å². The molecule has 0 saturated heterocycles. The van der Waals surface area contributed by atoms with Gasteiger partial charge in [-0.25, -0.2) is 13.1 Å². The number of sulfonamides is 1. The van der Waals surface area contributed by atoms with Gasteiger partial charge in [0, 0.05) is 32.4 Å². The molecule has 0 spiro atoms. The van der Waals surface area contributed by atoms with Gasteiger partial charge in [0.2, 0.25) is 10.0 Å². The molecule has 0 aromatic carbocycles. The molecule has 0 radical (unpaired) electrons. The zero-order valence-electron chi connectivity index (χ0n) is 12.3. The molecule has 1 amide bonds. The summed E-state index contributed by atoms with van der Waals surface area (Å²) in [5, 5.41) is 2.48. The lowest BCUT2D eigenvalue weighted by atomic mass is 9.92. The minimum absolute atomic E-state index is 0.0846. The van der Waals surface area contributed by atoms with Crippen LogP contribution in [0, 0.1) is 0 Å². The summed E-state index contributed by atoms with van der Waals surface area (Å²) >= 11 is 0. The molecule has 0 aliphatic heterocycles. The van der Waals surface area contributed by atoms with Gasteiger partial charge in [0.05, 0.1) is 0 Å². The zero-order valence-corrected chi connectivity index (χ0v) is 13.1. The predicted molar refractivity (Wildman–Crippen MR) is 79.4 cm³/mol. The fourth-order valence-electron chi connectivity index (χ4n) is 2.61. The molecular formula is C13H22N4O3S. The number of carbonyl (C=O) groups excluding carboxylic acids is 1. The maximum absolute atomic E-state index is 12.4. The number of carbonyl (C=O) groups is 1. The fraction of sp³-hybridized carbons (Fsp3) is 0.615. The van der Waals surface area contributed by atoms with Crippen LogP contribution < -0.4 is 15.8 Å². The Bertz CT molecular complexity index is 623.